The Balaban J connectivity index is 1.82. The van der Waals surface area contributed by atoms with E-state index in [1.807, 2.05) is 0 Å². The second kappa shape index (κ2) is 7.82. The van der Waals surface area contributed by atoms with Gasteiger partial charge in [-0.3, -0.25) is 30.6 Å². The smallest absolute Gasteiger partial charge is 0.270 e. The lowest BCUT2D eigenvalue weighted by atomic mass is 10.1. The molecule has 0 aliphatic carbocycles. The summed E-state index contributed by atoms with van der Waals surface area (Å²) in [5, 5.41) is 10.7. The molecule has 0 aliphatic heterocycles. The second-order valence-corrected chi connectivity index (χ2v) is 4.94. The first kappa shape index (κ1) is 17.1. The molecule has 0 bridgehead atoms. The second-order valence-electron chi connectivity index (χ2n) is 4.94. The molecule has 2 rings (SSSR count). The molecule has 124 valence electrons. The van der Waals surface area contributed by atoms with Gasteiger partial charge >= 0.3 is 0 Å². The normalized spacial score (nSPS) is 10.0. The van der Waals surface area contributed by atoms with Gasteiger partial charge in [0.05, 0.1) is 4.92 Å². The van der Waals surface area contributed by atoms with Gasteiger partial charge in [-0.15, -0.1) is 0 Å². The van der Waals surface area contributed by atoms with Crippen molar-refractivity contribution >= 4 is 17.5 Å². The summed E-state index contributed by atoms with van der Waals surface area (Å²) in [6, 6.07) is 10.9. The molecule has 7 nitrogen and oxygen atoms in total. The SMILES string of the molecule is O=C(CCc1ccc(F)cc1)NNC(=O)c1cccc([N+](=O)[O-])c1. The van der Waals surface area contributed by atoms with E-state index >= 15 is 0 Å². The summed E-state index contributed by atoms with van der Waals surface area (Å²) in [4.78, 5) is 33.6. The number of carbonyl (C=O) groups is 2. The van der Waals surface area contributed by atoms with Crippen LogP contribution in [0, 0.1) is 15.9 Å². The van der Waals surface area contributed by atoms with E-state index in [1.165, 1.54) is 30.3 Å². The Bertz CT molecular complexity index is 762. The Hall–Kier alpha value is -3.29. The van der Waals surface area contributed by atoms with Crippen molar-refractivity contribution in [3.8, 4) is 0 Å². The minimum absolute atomic E-state index is 0.0584. The maximum Gasteiger partial charge on any atom is 0.270 e. The monoisotopic (exact) mass is 331 g/mol. The van der Waals surface area contributed by atoms with Crippen LogP contribution in [0.15, 0.2) is 48.5 Å². The van der Waals surface area contributed by atoms with Gasteiger partial charge in [0.1, 0.15) is 5.82 Å². The largest absolute Gasteiger partial charge is 0.273 e. The van der Waals surface area contributed by atoms with Gasteiger partial charge in [-0.1, -0.05) is 18.2 Å². The third-order valence-electron chi connectivity index (χ3n) is 3.19. The Morgan fingerprint density at radius 3 is 2.46 bits per heavy atom. The number of nitrogens with zero attached hydrogens (tertiary/aromatic N) is 1. The van der Waals surface area contributed by atoms with Crippen molar-refractivity contribution in [2.45, 2.75) is 12.8 Å². The molecule has 2 amide bonds. The van der Waals surface area contributed by atoms with Crippen LogP contribution in [-0.4, -0.2) is 16.7 Å². The number of non-ortho nitro benzene ring substituents is 1. The maximum absolute atomic E-state index is 12.8. The van der Waals surface area contributed by atoms with Crippen molar-refractivity contribution in [2.24, 2.45) is 0 Å². The summed E-state index contributed by atoms with van der Waals surface area (Å²) in [5.41, 5.74) is 5.05. The number of benzene rings is 2. The Labute approximate surface area is 136 Å². The van der Waals surface area contributed by atoms with Crippen LogP contribution in [0.5, 0.6) is 0 Å². The highest BCUT2D eigenvalue weighted by atomic mass is 19.1. The molecule has 2 aromatic carbocycles. The average Bonchev–Trinajstić information content (AvgIpc) is 2.59. The zero-order valence-electron chi connectivity index (χ0n) is 12.5. The molecule has 0 aromatic heterocycles. The lowest BCUT2D eigenvalue weighted by molar-refractivity contribution is -0.384. The predicted molar refractivity (Wildman–Crippen MR) is 83.4 cm³/mol. The summed E-state index contributed by atoms with van der Waals surface area (Å²) >= 11 is 0. The Morgan fingerprint density at radius 2 is 1.79 bits per heavy atom. The van der Waals surface area contributed by atoms with Crippen molar-refractivity contribution in [2.75, 3.05) is 0 Å². The van der Waals surface area contributed by atoms with Gasteiger partial charge < -0.3 is 0 Å². The third kappa shape index (κ3) is 4.87. The molecule has 8 heteroatoms. The van der Waals surface area contributed by atoms with E-state index in [-0.39, 0.29) is 23.5 Å². The van der Waals surface area contributed by atoms with Crippen LogP contribution in [0.2, 0.25) is 0 Å². The number of rotatable bonds is 5. The van der Waals surface area contributed by atoms with Gasteiger partial charge in [-0.05, 0) is 30.2 Å². The number of halogens is 1. The Morgan fingerprint density at radius 1 is 1.08 bits per heavy atom. The van der Waals surface area contributed by atoms with Crippen molar-refractivity contribution in [1.82, 2.24) is 10.9 Å². The van der Waals surface area contributed by atoms with Crippen LogP contribution in [-0.2, 0) is 11.2 Å². The zero-order valence-corrected chi connectivity index (χ0v) is 12.5. The summed E-state index contributed by atoms with van der Waals surface area (Å²) < 4.78 is 12.8. The van der Waals surface area contributed by atoms with Crippen molar-refractivity contribution in [3.63, 3.8) is 0 Å². The topological polar surface area (TPSA) is 101 Å². The maximum atomic E-state index is 12.8. The number of nitro benzene ring substituents is 1. The van der Waals surface area contributed by atoms with E-state index in [2.05, 4.69) is 10.9 Å². The first-order chi connectivity index (χ1) is 11.5. The van der Waals surface area contributed by atoms with Gasteiger partial charge in [-0.25, -0.2) is 4.39 Å². The van der Waals surface area contributed by atoms with E-state index in [0.29, 0.717) is 6.42 Å². The van der Waals surface area contributed by atoms with E-state index in [4.69, 9.17) is 0 Å². The molecule has 0 saturated carbocycles. The van der Waals surface area contributed by atoms with Crippen LogP contribution < -0.4 is 10.9 Å². The molecule has 2 aromatic rings. The van der Waals surface area contributed by atoms with Crippen LogP contribution in [0.3, 0.4) is 0 Å². The van der Waals surface area contributed by atoms with E-state index in [9.17, 15) is 24.1 Å². The van der Waals surface area contributed by atoms with E-state index in [1.54, 1.807) is 12.1 Å². The highest BCUT2D eigenvalue weighted by molar-refractivity contribution is 5.95. The first-order valence-corrected chi connectivity index (χ1v) is 7.04. The lowest BCUT2D eigenvalue weighted by Crippen LogP contribution is -2.41. The minimum Gasteiger partial charge on any atom is -0.273 e. The Kier molecular flexibility index (Phi) is 5.56. The minimum atomic E-state index is -0.658. The van der Waals surface area contributed by atoms with Crippen molar-refractivity contribution in [3.05, 3.63) is 75.6 Å². The van der Waals surface area contributed by atoms with Gasteiger partial charge in [0.15, 0.2) is 0 Å². The summed E-state index contributed by atoms with van der Waals surface area (Å²) in [7, 11) is 0. The van der Waals surface area contributed by atoms with Crippen LogP contribution in [0.25, 0.3) is 0 Å². The third-order valence-corrected chi connectivity index (χ3v) is 3.19. The number of amides is 2. The molecule has 0 atom stereocenters. The molecular formula is C16H14FN3O4. The molecule has 0 heterocycles. The molecule has 0 unspecified atom stereocenters. The number of nitro groups is 1. The number of hydrogen-bond donors (Lipinski definition) is 2. The van der Waals surface area contributed by atoms with Crippen LogP contribution in [0.1, 0.15) is 22.3 Å². The lowest BCUT2D eigenvalue weighted by Gasteiger charge is -2.07. The molecule has 0 radical (unpaired) electrons. The quantitative estimate of drug-likeness (QED) is 0.647. The fourth-order valence-corrected chi connectivity index (χ4v) is 1.93. The molecular weight excluding hydrogens is 317 g/mol. The number of carbonyl (C=O) groups excluding carboxylic acids is 2. The molecule has 24 heavy (non-hydrogen) atoms. The molecule has 0 spiro atoms. The summed E-state index contributed by atoms with van der Waals surface area (Å²) in [5.74, 6) is -1.45. The highest BCUT2D eigenvalue weighted by Gasteiger charge is 2.12. The van der Waals surface area contributed by atoms with Crippen molar-refractivity contribution in [1.29, 1.82) is 0 Å². The number of hydrogen-bond acceptors (Lipinski definition) is 4. The average molecular weight is 331 g/mol. The van der Waals surface area contributed by atoms with Gasteiger partial charge in [0.25, 0.3) is 11.6 Å². The fraction of sp³-hybridized carbons (Fsp3) is 0.125. The van der Waals surface area contributed by atoms with Crippen molar-refractivity contribution < 1.29 is 18.9 Å². The number of nitrogens with one attached hydrogen (secondary N) is 2. The predicted octanol–water partition coefficient (Wildman–Crippen LogP) is 2.13. The summed E-state index contributed by atoms with van der Waals surface area (Å²) in [6.45, 7) is 0. The van der Waals surface area contributed by atoms with Crippen LogP contribution in [0.4, 0.5) is 10.1 Å². The molecule has 0 aliphatic rings. The van der Waals surface area contributed by atoms with E-state index < -0.39 is 16.7 Å². The molecule has 0 saturated heterocycles. The highest BCUT2D eigenvalue weighted by Crippen LogP contribution is 2.12. The molecule has 0 fully saturated rings. The first-order valence-electron chi connectivity index (χ1n) is 7.04. The van der Waals surface area contributed by atoms with Crippen LogP contribution >= 0.6 is 0 Å². The van der Waals surface area contributed by atoms with Gasteiger partial charge in [0, 0.05) is 24.1 Å². The molecule has 2 N–H and O–H groups in total. The van der Waals surface area contributed by atoms with E-state index in [0.717, 1.165) is 11.6 Å². The standard InChI is InChI=1S/C16H14FN3O4/c17-13-7-4-11(5-8-13)6-9-15(21)18-19-16(22)12-2-1-3-14(10-12)20(23)24/h1-5,7-8,10H,6,9H2,(H,18,21)(H,19,22). The van der Waals surface area contributed by atoms with Gasteiger partial charge in [-0.2, -0.15) is 0 Å². The number of hydrazine groups is 1. The summed E-state index contributed by atoms with van der Waals surface area (Å²) in [6.07, 6.45) is 0.486. The van der Waals surface area contributed by atoms with Gasteiger partial charge in [0.2, 0.25) is 5.91 Å². The number of aryl methyl sites for hydroxylation is 1. The zero-order chi connectivity index (χ0) is 17.5. The fourth-order valence-electron chi connectivity index (χ4n) is 1.93.